The number of nitrogens with one attached hydrogen (secondary N) is 1. The second-order valence-corrected chi connectivity index (χ2v) is 5.78. The van der Waals surface area contributed by atoms with E-state index < -0.39 is 24.0 Å². The fourth-order valence-electron chi connectivity index (χ4n) is 3.14. The predicted octanol–water partition coefficient (Wildman–Crippen LogP) is 1.29. The molecule has 8 heteroatoms. The number of carboxylic acids is 1. The van der Waals surface area contributed by atoms with Crippen molar-refractivity contribution in [2.45, 2.75) is 13.3 Å². The Labute approximate surface area is 137 Å². The number of phenols is 1. The van der Waals surface area contributed by atoms with Crippen LogP contribution in [0.15, 0.2) is 12.1 Å². The van der Waals surface area contributed by atoms with E-state index in [1.54, 1.807) is 11.8 Å². The molecule has 0 bridgehead atoms. The normalized spacial score (nSPS) is 15.0. The Bertz CT molecular complexity index is 825. The SMILES string of the molecule is Cc1c(CC(=O)O)c2c(F)c(O)ccc2n1C(=O)N1CCNCC1. The molecule has 3 N–H and O–H groups in total. The van der Waals surface area contributed by atoms with Crippen LogP contribution >= 0.6 is 0 Å². The first kappa shape index (κ1) is 16.3. The van der Waals surface area contributed by atoms with Gasteiger partial charge in [-0.25, -0.2) is 9.18 Å². The molecule has 0 saturated carbocycles. The van der Waals surface area contributed by atoms with Crippen molar-refractivity contribution in [1.82, 2.24) is 14.8 Å². The molecule has 1 aromatic carbocycles. The lowest BCUT2D eigenvalue weighted by atomic mass is 10.1. The second kappa shape index (κ2) is 6.12. The molecule has 0 atom stereocenters. The Kier molecular flexibility index (Phi) is 4.15. The van der Waals surface area contributed by atoms with Crippen LogP contribution in [0.3, 0.4) is 0 Å². The van der Waals surface area contributed by atoms with Gasteiger partial charge in [-0.05, 0) is 24.6 Å². The number of aliphatic carboxylic acids is 1. The molecule has 1 aliphatic rings. The van der Waals surface area contributed by atoms with Gasteiger partial charge in [-0.3, -0.25) is 9.36 Å². The van der Waals surface area contributed by atoms with Crippen molar-refractivity contribution >= 4 is 22.9 Å². The van der Waals surface area contributed by atoms with E-state index in [0.29, 0.717) is 31.9 Å². The molecule has 2 aromatic rings. The summed E-state index contributed by atoms with van der Waals surface area (Å²) >= 11 is 0. The van der Waals surface area contributed by atoms with Crippen LogP contribution in [0.5, 0.6) is 5.75 Å². The molecule has 24 heavy (non-hydrogen) atoms. The van der Waals surface area contributed by atoms with Gasteiger partial charge in [-0.15, -0.1) is 0 Å². The van der Waals surface area contributed by atoms with Crippen LogP contribution in [0, 0.1) is 12.7 Å². The molecule has 7 nitrogen and oxygen atoms in total. The summed E-state index contributed by atoms with van der Waals surface area (Å²) in [5, 5.41) is 21.9. The molecule has 1 saturated heterocycles. The molecule has 2 heterocycles. The largest absolute Gasteiger partial charge is 0.505 e. The topological polar surface area (TPSA) is 94.8 Å². The monoisotopic (exact) mass is 335 g/mol. The van der Waals surface area contributed by atoms with E-state index in [0.717, 1.165) is 0 Å². The molecule has 0 spiro atoms. The number of amides is 1. The van der Waals surface area contributed by atoms with Gasteiger partial charge in [0.25, 0.3) is 0 Å². The summed E-state index contributed by atoms with van der Waals surface area (Å²) in [7, 11) is 0. The average molecular weight is 335 g/mol. The molecule has 0 aliphatic carbocycles. The van der Waals surface area contributed by atoms with Crippen LogP contribution in [-0.2, 0) is 11.2 Å². The van der Waals surface area contributed by atoms with Crippen LogP contribution in [0.4, 0.5) is 9.18 Å². The number of rotatable bonds is 2. The minimum Gasteiger partial charge on any atom is -0.505 e. The van der Waals surface area contributed by atoms with E-state index in [4.69, 9.17) is 5.11 Å². The maximum Gasteiger partial charge on any atom is 0.328 e. The van der Waals surface area contributed by atoms with Gasteiger partial charge in [-0.1, -0.05) is 0 Å². The van der Waals surface area contributed by atoms with Crippen molar-refractivity contribution in [2.75, 3.05) is 26.2 Å². The molecular weight excluding hydrogens is 317 g/mol. The number of halogens is 1. The van der Waals surface area contributed by atoms with Gasteiger partial charge in [0.15, 0.2) is 11.6 Å². The number of hydrogen-bond donors (Lipinski definition) is 3. The predicted molar refractivity (Wildman–Crippen MR) is 84.9 cm³/mol. The molecule has 0 radical (unpaired) electrons. The van der Waals surface area contributed by atoms with Crippen molar-refractivity contribution in [3.8, 4) is 5.75 Å². The molecule has 1 aromatic heterocycles. The summed E-state index contributed by atoms with van der Waals surface area (Å²) in [6.45, 7) is 3.97. The molecular formula is C16H18FN3O4. The van der Waals surface area contributed by atoms with Gasteiger partial charge in [0.2, 0.25) is 0 Å². The van der Waals surface area contributed by atoms with Crippen molar-refractivity contribution in [2.24, 2.45) is 0 Å². The summed E-state index contributed by atoms with van der Waals surface area (Å²) in [6.07, 6.45) is -0.426. The highest BCUT2D eigenvalue weighted by molar-refractivity contribution is 5.98. The summed E-state index contributed by atoms with van der Waals surface area (Å²) in [5.41, 5.74) is 0.845. The molecule has 1 fully saturated rings. The number of nitrogens with zero attached hydrogens (tertiary/aromatic N) is 2. The maximum atomic E-state index is 14.4. The highest BCUT2D eigenvalue weighted by Gasteiger charge is 2.27. The number of fused-ring (bicyclic) bond motifs is 1. The van der Waals surface area contributed by atoms with E-state index in [9.17, 15) is 19.1 Å². The first-order chi connectivity index (χ1) is 11.4. The number of hydrogen-bond acceptors (Lipinski definition) is 4. The Morgan fingerprint density at radius 2 is 1.96 bits per heavy atom. The van der Waals surface area contributed by atoms with Gasteiger partial charge in [0.1, 0.15) is 0 Å². The van der Waals surface area contributed by atoms with Gasteiger partial charge >= 0.3 is 12.0 Å². The Hall–Kier alpha value is -2.61. The minimum absolute atomic E-state index is 0.0154. The number of aromatic nitrogens is 1. The quantitative estimate of drug-likeness (QED) is 0.769. The molecule has 128 valence electrons. The standard InChI is InChI=1S/C16H18FN3O4/c1-9-10(8-13(22)23)14-11(2-3-12(21)15(14)17)20(9)16(24)19-6-4-18-5-7-19/h2-3,18,21H,4-8H2,1H3,(H,22,23). The number of piperazine rings is 1. The Morgan fingerprint density at radius 1 is 1.29 bits per heavy atom. The number of phenolic OH excluding ortho intramolecular Hbond substituents is 1. The maximum absolute atomic E-state index is 14.4. The van der Waals surface area contributed by atoms with Crippen LogP contribution in [-0.4, -0.2) is 57.9 Å². The number of aromatic hydroxyl groups is 1. The van der Waals surface area contributed by atoms with Crippen molar-refractivity contribution < 1.29 is 24.2 Å². The zero-order valence-electron chi connectivity index (χ0n) is 13.2. The van der Waals surface area contributed by atoms with Crippen LogP contribution in [0.25, 0.3) is 10.9 Å². The Balaban J connectivity index is 2.20. The number of carbonyl (C=O) groups excluding carboxylic acids is 1. The third kappa shape index (κ3) is 2.58. The molecule has 0 unspecified atom stereocenters. The lowest BCUT2D eigenvalue weighted by Crippen LogP contribution is -2.48. The third-order valence-electron chi connectivity index (χ3n) is 4.32. The fraction of sp³-hybridized carbons (Fsp3) is 0.375. The summed E-state index contributed by atoms with van der Waals surface area (Å²) in [4.78, 5) is 25.6. The lowest BCUT2D eigenvalue weighted by molar-refractivity contribution is -0.136. The summed E-state index contributed by atoms with van der Waals surface area (Å²) < 4.78 is 15.8. The molecule has 1 amide bonds. The van der Waals surface area contributed by atoms with Crippen molar-refractivity contribution in [3.05, 3.63) is 29.2 Å². The van der Waals surface area contributed by atoms with E-state index in [1.807, 2.05) is 0 Å². The van der Waals surface area contributed by atoms with E-state index in [1.165, 1.54) is 16.7 Å². The van der Waals surface area contributed by atoms with Crippen LogP contribution < -0.4 is 5.32 Å². The second-order valence-electron chi connectivity index (χ2n) is 5.78. The first-order valence-corrected chi connectivity index (χ1v) is 7.65. The summed E-state index contributed by atoms with van der Waals surface area (Å²) in [6, 6.07) is 2.29. The number of benzene rings is 1. The van der Waals surface area contributed by atoms with Crippen LogP contribution in [0.2, 0.25) is 0 Å². The minimum atomic E-state index is -1.13. The summed E-state index contributed by atoms with van der Waals surface area (Å²) in [5.74, 6) is -2.60. The smallest absolute Gasteiger partial charge is 0.328 e. The van der Waals surface area contributed by atoms with Crippen molar-refractivity contribution in [3.63, 3.8) is 0 Å². The van der Waals surface area contributed by atoms with Gasteiger partial charge in [-0.2, -0.15) is 0 Å². The highest BCUT2D eigenvalue weighted by Crippen LogP contribution is 2.33. The zero-order valence-corrected chi connectivity index (χ0v) is 13.2. The van der Waals surface area contributed by atoms with Crippen LogP contribution in [0.1, 0.15) is 11.3 Å². The van der Waals surface area contributed by atoms with E-state index >= 15 is 0 Å². The van der Waals surface area contributed by atoms with E-state index in [-0.39, 0.29) is 22.5 Å². The highest BCUT2D eigenvalue weighted by atomic mass is 19.1. The van der Waals surface area contributed by atoms with Gasteiger partial charge < -0.3 is 20.4 Å². The van der Waals surface area contributed by atoms with Gasteiger partial charge in [0, 0.05) is 37.3 Å². The molecule has 3 rings (SSSR count). The Morgan fingerprint density at radius 3 is 2.58 bits per heavy atom. The molecule has 1 aliphatic heterocycles. The fourth-order valence-corrected chi connectivity index (χ4v) is 3.14. The van der Waals surface area contributed by atoms with Crippen molar-refractivity contribution in [1.29, 1.82) is 0 Å². The number of carboxylic acid groups (broad SMARTS) is 1. The van der Waals surface area contributed by atoms with E-state index in [2.05, 4.69) is 5.32 Å². The zero-order chi connectivity index (χ0) is 17.4. The lowest BCUT2D eigenvalue weighted by Gasteiger charge is -2.28. The third-order valence-corrected chi connectivity index (χ3v) is 4.32. The number of carbonyl (C=O) groups is 2. The van der Waals surface area contributed by atoms with Gasteiger partial charge in [0.05, 0.1) is 11.9 Å². The average Bonchev–Trinajstić information content (AvgIpc) is 2.83. The first-order valence-electron chi connectivity index (χ1n) is 7.65.